The van der Waals surface area contributed by atoms with Gasteiger partial charge in [-0.25, -0.2) is 4.39 Å². The SMILES string of the molecule is CC(c1ccccc1O)N(C)C(=O)c1ccc(F)cc1N. The molecule has 0 aliphatic rings. The van der Waals surface area contributed by atoms with Gasteiger partial charge in [0.25, 0.3) is 5.91 Å². The summed E-state index contributed by atoms with van der Waals surface area (Å²) in [6, 6.07) is 10.1. The molecule has 0 saturated heterocycles. The highest BCUT2D eigenvalue weighted by atomic mass is 19.1. The Hall–Kier alpha value is -2.56. The van der Waals surface area contributed by atoms with Crippen molar-refractivity contribution >= 4 is 11.6 Å². The lowest BCUT2D eigenvalue weighted by molar-refractivity contribution is 0.0742. The summed E-state index contributed by atoms with van der Waals surface area (Å²) < 4.78 is 13.1. The van der Waals surface area contributed by atoms with E-state index in [1.807, 2.05) is 0 Å². The number of halogens is 1. The third-order valence-corrected chi connectivity index (χ3v) is 3.53. The van der Waals surface area contributed by atoms with Crippen molar-refractivity contribution in [3.05, 3.63) is 59.4 Å². The Morgan fingerprint density at radius 2 is 1.95 bits per heavy atom. The van der Waals surface area contributed by atoms with Crippen LogP contribution in [0, 0.1) is 5.82 Å². The number of hydrogen-bond donors (Lipinski definition) is 2. The van der Waals surface area contributed by atoms with Crippen molar-refractivity contribution in [1.29, 1.82) is 0 Å². The molecular weight excluding hydrogens is 271 g/mol. The van der Waals surface area contributed by atoms with Gasteiger partial charge < -0.3 is 15.7 Å². The van der Waals surface area contributed by atoms with Crippen molar-refractivity contribution in [1.82, 2.24) is 4.90 Å². The van der Waals surface area contributed by atoms with Crippen molar-refractivity contribution in [3.63, 3.8) is 0 Å². The highest BCUT2D eigenvalue weighted by Crippen LogP contribution is 2.28. The second-order valence-electron chi connectivity index (χ2n) is 4.88. The van der Waals surface area contributed by atoms with E-state index in [1.54, 1.807) is 38.2 Å². The molecule has 0 aromatic heterocycles. The molecule has 21 heavy (non-hydrogen) atoms. The van der Waals surface area contributed by atoms with Crippen LogP contribution in [-0.2, 0) is 0 Å². The molecule has 4 nitrogen and oxygen atoms in total. The van der Waals surface area contributed by atoms with E-state index in [0.717, 1.165) is 6.07 Å². The standard InChI is InChI=1S/C16H17FN2O2/c1-10(12-5-3-4-6-15(12)20)19(2)16(21)13-8-7-11(17)9-14(13)18/h3-10,20H,18H2,1-2H3. The quantitative estimate of drug-likeness (QED) is 0.853. The van der Waals surface area contributed by atoms with Crippen LogP contribution in [-0.4, -0.2) is 23.0 Å². The summed E-state index contributed by atoms with van der Waals surface area (Å²) >= 11 is 0. The highest BCUT2D eigenvalue weighted by molar-refractivity contribution is 5.99. The Balaban J connectivity index is 2.29. The number of nitrogens with two attached hydrogens (primary N) is 1. The normalized spacial score (nSPS) is 12.0. The molecular formula is C16H17FN2O2. The minimum atomic E-state index is -0.486. The molecule has 0 fully saturated rings. The van der Waals surface area contributed by atoms with Gasteiger partial charge in [0.1, 0.15) is 11.6 Å². The zero-order valence-electron chi connectivity index (χ0n) is 11.9. The predicted molar refractivity (Wildman–Crippen MR) is 79.4 cm³/mol. The van der Waals surface area contributed by atoms with Gasteiger partial charge in [-0.3, -0.25) is 4.79 Å². The van der Waals surface area contributed by atoms with Crippen LogP contribution in [0.2, 0.25) is 0 Å². The predicted octanol–water partition coefficient (Wildman–Crippen LogP) is 2.95. The number of phenols is 1. The van der Waals surface area contributed by atoms with Gasteiger partial charge in [0, 0.05) is 18.3 Å². The van der Waals surface area contributed by atoms with E-state index in [1.165, 1.54) is 17.0 Å². The largest absolute Gasteiger partial charge is 0.508 e. The molecule has 1 atom stereocenters. The number of hydrogen-bond acceptors (Lipinski definition) is 3. The summed E-state index contributed by atoms with van der Waals surface area (Å²) in [4.78, 5) is 13.9. The molecule has 5 heteroatoms. The molecule has 2 rings (SSSR count). The van der Waals surface area contributed by atoms with Crippen LogP contribution in [0.25, 0.3) is 0 Å². The average molecular weight is 288 g/mol. The number of para-hydroxylation sites is 1. The minimum absolute atomic E-state index is 0.0938. The molecule has 110 valence electrons. The van der Waals surface area contributed by atoms with E-state index in [0.29, 0.717) is 5.56 Å². The third kappa shape index (κ3) is 2.97. The zero-order valence-corrected chi connectivity index (χ0v) is 11.9. The smallest absolute Gasteiger partial charge is 0.256 e. The average Bonchev–Trinajstić information content (AvgIpc) is 2.45. The number of amides is 1. The molecule has 1 unspecified atom stereocenters. The van der Waals surface area contributed by atoms with Crippen molar-refractivity contribution in [2.75, 3.05) is 12.8 Å². The van der Waals surface area contributed by atoms with E-state index < -0.39 is 5.82 Å². The van der Waals surface area contributed by atoms with Crippen LogP contribution < -0.4 is 5.73 Å². The second kappa shape index (κ2) is 5.83. The minimum Gasteiger partial charge on any atom is -0.508 e. The first kappa shape index (κ1) is 14.8. The molecule has 0 radical (unpaired) electrons. The fourth-order valence-corrected chi connectivity index (χ4v) is 2.14. The van der Waals surface area contributed by atoms with Gasteiger partial charge in [-0.1, -0.05) is 18.2 Å². The van der Waals surface area contributed by atoms with Crippen molar-refractivity contribution in [3.8, 4) is 5.75 Å². The second-order valence-corrected chi connectivity index (χ2v) is 4.88. The lowest BCUT2D eigenvalue weighted by Crippen LogP contribution is -2.30. The Bertz CT molecular complexity index is 673. The number of benzene rings is 2. The number of aromatic hydroxyl groups is 1. The number of rotatable bonds is 3. The van der Waals surface area contributed by atoms with E-state index in [2.05, 4.69) is 0 Å². The maximum Gasteiger partial charge on any atom is 0.256 e. The van der Waals surface area contributed by atoms with Gasteiger partial charge in [-0.15, -0.1) is 0 Å². The van der Waals surface area contributed by atoms with Gasteiger partial charge in [0.2, 0.25) is 0 Å². The van der Waals surface area contributed by atoms with Crippen LogP contribution >= 0.6 is 0 Å². The zero-order chi connectivity index (χ0) is 15.6. The van der Waals surface area contributed by atoms with Crippen LogP contribution in [0.4, 0.5) is 10.1 Å². The van der Waals surface area contributed by atoms with E-state index in [-0.39, 0.29) is 28.9 Å². The lowest BCUT2D eigenvalue weighted by atomic mass is 10.0. The first-order valence-electron chi connectivity index (χ1n) is 6.52. The topological polar surface area (TPSA) is 66.6 Å². The molecule has 0 spiro atoms. The van der Waals surface area contributed by atoms with Gasteiger partial charge in [0.15, 0.2) is 0 Å². The molecule has 0 bridgehead atoms. The van der Waals surface area contributed by atoms with Gasteiger partial charge in [0.05, 0.1) is 11.6 Å². The third-order valence-electron chi connectivity index (χ3n) is 3.53. The Kier molecular flexibility index (Phi) is 4.12. The summed E-state index contributed by atoms with van der Waals surface area (Å²) in [5.41, 5.74) is 6.66. The monoisotopic (exact) mass is 288 g/mol. The molecule has 0 aliphatic carbocycles. The molecule has 2 aromatic rings. The maximum absolute atomic E-state index is 13.1. The molecule has 0 aliphatic heterocycles. The Morgan fingerprint density at radius 1 is 1.29 bits per heavy atom. The first-order chi connectivity index (χ1) is 9.91. The first-order valence-corrected chi connectivity index (χ1v) is 6.52. The highest BCUT2D eigenvalue weighted by Gasteiger charge is 2.22. The van der Waals surface area contributed by atoms with Crippen LogP contribution in [0.3, 0.4) is 0 Å². The number of carbonyl (C=O) groups excluding carboxylic acids is 1. The summed E-state index contributed by atoms with van der Waals surface area (Å²) in [6.45, 7) is 1.80. The number of carbonyl (C=O) groups is 1. The number of anilines is 1. The van der Waals surface area contributed by atoms with E-state index in [4.69, 9.17) is 5.73 Å². The number of nitrogens with zero attached hydrogens (tertiary/aromatic N) is 1. The van der Waals surface area contributed by atoms with Crippen LogP contribution in [0.15, 0.2) is 42.5 Å². The van der Waals surface area contributed by atoms with Crippen LogP contribution in [0.5, 0.6) is 5.75 Å². The number of nitrogen functional groups attached to an aromatic ring is 1. The van der Waals surface area contributed by atoms with E-state index >= 15 is 0 Å². The van der Waals surface area contributed by atoms with Crippen molar-refractivity contribution in [2.24, 2.45) is 0 Å². The summed E-state index contributed by atoms with van der Waals surface area (Å²) in [5.74, 6) is -0.694. The van der Waals surface area contributed by atoms with Crippen LogP contribution in [0.1, 0.15) is 28.9 Å². The van der Waals surface area contributed by atoms with Gasteiger partial charge >= 0.3 is 0 Å². The fraction of sp³-hybridized carbons (Fsp3) is 0.188. The number of phenolic OH excluding ortho intramolecular Hbond substituents is 1. The molecule has 0 saturated carbocycles. The molecule has 2 aromatic carbocycles. The maximum atomic E-state index is 13.1. The van der Waals surface area contributed by atoms with Gasteiger partial charge in [-0.2, -0.15) is 0 Å². The van der Waals surface area contributed by atoms with Crippen molar-refractivity contribution < 1.29 is 14.3 Å². The molecule has 0 heterocycles. The fourth-order valence-electron chi connectivity index (χ4n) is 2.14. The summed E-state index contributed by atoms with van der Waals surface area (Å²) in [7, 11) is 1.61. The Labute approximate surface area is 122 Å². The summed E-state index contributed by atoms with van der Waals surface area (Å²) in [5, 5.41) is 9.86. The van der Waals surface area contributed by atoms with Crippen molar-refractivity contribution in [2.45, 2.75) is 13.0 Å². The van der Waals surface area contributed by atoms with Gasteiger partial charge in [-0.05, 0) is 31.2 Å². The molecule has 1 amide bonds. The summed E-state index contributed by atoms with van der Waals surface area (Å²) in [6.07, 6.45) is 0. The Morgan fingerprint density at radius 3 is 2.57 bits per heavy atom. The lowest BCUT2D eigenvalue weighted by Gasteiger charge is -2.26. The molecule has 3 N–H and O–H groups in total. The van der Waals surface area contributed by atoms with E-state index in [9.17, 15) is 14.3 Å².